The molecule has 0 spiro atoms. The molecule has 0 amide bonds. The molecule has 0 bridgehead atoms. The van der Waals surface area contributed by atoms with Gasteiger partial charge in [-0.2, -0.15) is 0 Å². The zero-order chi connectivity index (χ0) is 14.4. The van der Waals surface area contributed by atoms with E-state index >= 15 is 0 Å². The minimum absolute atomic E-state index is 0.434. The Balaban J connectivity index is 1.79. The minimum atomic E-state index is 0.434. The van der Waals surface area contributed by atoms with Crippen LogP contribution in [0.15, 0.2) is 24.3 Å². The molecule has 1 heterocycles. The molecule has 2 rings (SSSR count). The fraction of sp³-hybridized carbons (Fsp3) is 0.647. The first-order valence-corrected chi connectivity index (χ1v) is 7.75. The Morgan fingerprint density at radius 3 is 2.65 bits per heavy atom. The first-order valence-electron chi connectivity index (χ1n) is 7.75. The highest BCUT2D eigenvalue weighted by molar-refractivity contribution is 5.22. The smallest absolute Gasteiger partial charge is 0.0720 e. The second-order valence-corrected chi connectivity index (χ2v) is 6.17. The summed E-state index contributed by atoms with van der Waals surface area (Å²) >= 11 is 0. The van der Waals surface area contributed by atoms with Crippen LogP contribution in [0.25, 0.3) is 0 Å². The van der Waals surface area contributed by atoms with Crippen LogP contribution < -0.4 is 5.32 Å². The van der Waals surface area contributed by atoms with Crippen LogP contribution in [0.2, 0.25) is 0 Å². The maximum absolute atomic E-state index is 6.05. The quantitative estimate of drug-likeness (QED) is 0.864. The van der Waals surface area contributed by atoms with Crippen molar-refractivity contribution in [1.82, 2.24) is 10.2 Å². The standard InChI is InChI=1S/C17H28N2O/c1-14(2)18-12-15-5-4-6-16(11-15)13-20-17-7-9-19(3)10-8-17/h4-6,11,14,17-18H,7-10,12-13H2,1-3H3. The van der Waals surface area contributed by atoms with Gasteiger partial charge in [-0.3, -0.25) is 0 Å². The number of piperidine rings is 1. The van der Waals surface area contributed by atoms with Gasteiger partial charge in [0.15, 0.2) is 0 Å². The van der Waals surface area contributed by atoms with Gasteiger partial charge in [0.25, 0.3) is 0 Å². The van der Waals surface area contributed by atoms with E-state index in [1.807, 2.05) is 0 Å². The number of nitrogens with zero attached hydrogens (tertiary/aromatic N) is 1. The third kappa shape index (κ3) is 5.23. The van der Waals surface area contributed by atoms with Crippen molar-refractivity contribution in [2.45, 2.75) is 52.0 Å². The highest BCUT2D eigenvalue weighted by atomic mass is 16.5. The predicted octanol–water partition coefficient (Wildman–Crippen LogP) is 2.80. The van der Waals surface area contributed by atoms with Gasteiger partial charge < -0.3 is 15.0 Å². The normalized spacial score (nSPS) is 17.8. The molecule has 1 aromatic rings. The third-order valence-electron chi connectivity index (χ3n) is 3.86. The Hall–Kier alpha value is -0.900. The Morgan fingerprint density at radius 2 is 1.95 bits per heavy atom. The van der Waals surface area contributed by atoms with Gasteiger partial charge in [0.1, 0.15) is 0 Å². The third-order valence-corrected chi connectivity index (χ3v) is 3.86. The summed E-state index contributed by atoms with van der Waals surface area (Å²) in [6.07, 6.45) is 2.75. The largest absolute Gasteiger partial charge is 0.373 e. The lowest BCUT2D eigenvalue weighted by Crippen LogP contribution is -2.34. The van der Waals surface area contributed by atoms with Crippen molar-refractivity contribution in [3.63, 3.8) is 0 Å². The van der Waals surface area contributed by atoms with Crippen LogP contribution in [-0.2, 0) is 17.9 Å². The fourth-order valence-corrected chi connectivity index (χ4v) is 2.52. The predicted molar refractivity (Wildman–Crippen MR) is 83.7 cm³/mol. The summed E-state index contributed by atoms with van der Waals surface area (Å²) in [5.41, 5.74) is 2.62. The van der Waals surface area contributed by atoms with Crippen LogP contribution in [-0.4, -0.2) is 37.2 Å². The Morgan fingerprint density at radius 1 is 1.25 bits per heavy atom. The molecule has 3 nitrogen and oxygen atoms in total. The van der Waals surface area contributed by atoms with Gasteiger partial charge in [-0.15, -0.1) is 0 Å². The van der Waals surface area contributed by atoms with E-state index in [4.69, 9.17) is 4.74 Å². The maximum Gasteiger partial charge on any atom is 0.0720 e. The van der Waals surface area contributed by atoms with E-state index in [0.29, 0.717) is 12.1 Å². The molecular weight excluding hydrogens is 248 g/mol. The molecule has 1 saturated heterocycles. The summed E-state index contributed by atoms with van der Waals surface area (Å²) < 4.78 is 6.05. The number of nitrogens with one attached hydrogen (secondary N) is 1. The van der Waals surface area contributed by atoms with E-state index in [9.17, 15) is 0 Å². The SMILES string of the molecule is CC(C)NCc1cccc(COC2CCN(C)CC2)c1. The molecule has 0 saturated carbocycles. The highest BCUT2D eigenvalue weighted by Crippen LogP contribution is 2.15. The number of benzene rings is 1. The topological polar surface area (TPSA) is 24.5 Å². The summed E-state index contributed by atoms with van der Waals surface area (Å²) in [7, 11) is 2.18. The van der Waals surface area contributed by atoms with E-state index < -0.39 is 0 Å². The highest BCUT2D eigenvalue weighted by Gasteiger charge is 2.16. The van der Waals surface area contributed by atoms with Crippen molar-refractivity contribution in [2.75, 3.05) is 20.1 Å². The number of ether oxygens (including phenoxy) is 1. The fourth-order valence-electron chi connectivity index (χ4n) is 2.52. The lowest BCUT2D eigenvalue weighted by molar-refractivity contribution is 0.00211. The zero-order valence-corrected chi connectivity index (χ0v) is 13.1. The molecular formula is C17H28N2O. The molecule has 1 aliphatic heterocycles. The zero-order valence-electron chi connectivity index (χ0n) is 13.1. The molecule has 0 atom stereocenters. The first-order chi connectivity index (χ1) is 9.63. The van der Waals surface area contributed by atoms with Gasteiger partial charge in [-0.05, 0) is 31.0 Å². The molecule has 0 aromatic heterocycles. The second kappa shape index (κ2) is 7.77. The van der Waals surface area contributed by atoms with Crippen molar-refractivity contribution in [3.8, 4) is 0 Å². The molecule has 0 radical (unpaired) electrons. The minimum Gasteiger partial charge on any atom is -0.373 e. The molecule has 1 N–H and O–H groups in total. The number of hydrogen-bond acceptors (Lipinski definition) is 3. The Kier molecular flexibility index (Phi) is 6.02. The number of likely N-dealkylation sites (tertiary alicyclic amines) is 1. The molecule has 3 heteroatoms. The Labute approximate surface area is 123 Å². The van der Waals surface area contributed by atoms with Crippen LogP contribution in [0.1, 0.15) is 37.8 Å². The van der Waals surface area contributed by atoms with Crippen LogP contribution >= 0.6 is 0 Å². The van der Waals surface area contributed by atoms with Crippen LogP contribution in [0.5, 0.6) is 0 Å². The lowest BCUT2D eigenvalue weighted by atomic mass is 10.1. The number of hydrogen-bond donors (Lipinski definition) is 1. The summed E-state index contributed by atoms with van der Waals surface area (Å²) in [6.45, 7) is 8.33. The summed E-state index contributed by atoms with van der Waals surface area (Å²) in [4.78, 5) is 2.37. The van der Waals surface area contributed by atoms with Gasteiger partial charge in [0.2, 0.25) is 0 Å². The van der Waals surface area contributed by atoms with Gasteiger partial charge in [-0.25, -0.2) is 0 Å². The summed E-state index contributed by atoms with van der Waals surface area (Å²) in [6, 6.07) is 9.24. The maximum atomic E-state index is 6.05. The average Bonchev–Trinajstić information content (AvgIpc) is 2.45. The van der Waals surface area contributed by atoms with Crippen molar-refractivity contribution in [2.24, 2.45) is 0 Å². The second-order valence-electron chi connectivity index (χ2n) is 6.17. The van der Waals surface area contributed by atoms with Crippen molar-refractivity contribution in [1.29, 1.82) is 0 Å². The molecule has 1 fully saturated rings. The van der Waals surface area contributed by atoms with Gasteiger partial charge >= 0.3 is 0 Å². The van der Waals surface area contributed by atoms with Crippen LogP contribution in [0.4, 0.5) is 0 Å². The van der Waals surface area contributed by atoms with E-state index in [-0.39, 0.29) is 0 Å². The van der Waals surface area contributed by atoms with Crippen LogP contribution in [0.3, 0.4) is 0 Å². The lowest BCUT2D eigenvalue weighted by Gasteiger charge is -2.28. The molecule has 0 unspecified atom stereocenters. The number of rotatable bonds is 6. The monoisotopic (exact) mass is 276 g/mol. The molecule has 0 aliphatic carbocycles. The van der Waals surface area contributed by atoms with Crippen LogP contribution in [0, 0.1) is 0 Å². The molecule has 20 heavy (non-hydrogen) atoms. The average molecular weight is 276 g/mol. The molecule has 1 aromatic carbocycles. The van der Waals surface area contributed by atoms with E-state index in [1.54, 1.807) is 0 Å². The summed E-state index contributed by atoms with van der Waals surface area (Å²) in [5.74, 6) is 0. The van der Waals surface area contributed by atoms with Gasteiger partial charge in [-0.1, -0.05) is 38.1 Å². The van der Waals surface area contributed by atoms with E-state index in [2.05, 4.69) is 55.4 Å². The summed E-state index contributed by atoms with van der Waals surface area (Å²) in [5, 5.41) is 3.45. The van der Waals surface area contributed by atoms with Crippen molar-refractivity contribution < 1.29 is 4.74 Å². The van der Waals surface area contributed by atoms with Gasteiger partial charge in [0.05, 0.1) is 12.7 Å². The van der Waals surface area contributed by atoms with E-state index in [0.717, 1.165) is 39.1 Å². The van der Waals surface area contributed by atoms with Crippen molar-refractivity contribution >= 4 is 0 Å². The van der Waals surface area contributed by atoms with E-state index in [1.165, 1.54) is 11.1 Å². The Bertz CT molecular complexity index is 398. The molecule has 1 aliphatic rings. The molecule has 112 valence electrons. The van der Waals surface area contributed by atoms with Gasteiger partial charge in [0, 0.05) is 25.7 Å². The van der Waals surface area contributed by atoms with Crippen molar-refractivity contribution in [3.05, 3.63) is 35.4 Å². The first kappa shape index (κ1) is 15.5.